The van der Waals surface area contributed by atoms with Crippen molar-refractivity contribution in [1.82, 2.24) is 10.4 Å². The third-order valence-electron chi connectivity index (χ3n) is 4.19. The number of H-pyrrole nitrogens is 1. The van der Waals surface area contributed by atoms with E-state index in [1.165, 1.54) is 12.3 Å². The van der Waals surface area contributed by atoms with Gasteiger partial charge in [0.25, 0.3) is 5.69 Å². The molecule has 0 radical (unpaired) electrons. The second kappa shape index (κ2) is 7.69. The molecule has 8 nitrogen and oxygen atoms in total. The van der Waals surface area contributed by atoms with E-state index in [1.807, 2.05) is 25.1 Å². The van der Waals surface area contributed by atoms with Crippen molar-refractivity contribution in [2.75, 3.05) is 7.11 Å². The number of aromatic amines is 1. The molecule has 2 aromatic carbocycles. The highest BCUT2D eigenvalue weighted by atomic mass is 16.6. The molecule has 0 aliphatic rings. The molecule has 138 valence electrons. The van der Waals surface area contributed by atoms with Crippen molar-refractivity contribution >= 4 is 28.7 Å². The molecular formula is C19H18N4O4. The van der Waals surface area contributed by atoms with Crippen molar-refractivity contribution < 1.29 is 14.5 Å². The highest BCUT2D eigenvalue weighted by Crippen LogP contribution is 2.26. The quantitative estimate of drug-likeness (QED) is 0.397. The maximum atomic E-state index is 12.3. The van der Waals surface area contributed by atoms with Crippen molar-refractivity contribution in [3.05, 3.63) is 69.4 Å². The van der Waals surface area contributed by atoms with E-state index in [9.17, 15) is 14.9 Å². The molecular weight excluding hydrogens is 348 g/mol. The molecule has 1 aromatic heterocycles. The Labute approximate surface area is 155 Å². The van der Waals surface area contributed by atoms with Gasteiger partial charge in [0.2, 0.25) is 5.91 Å². The van der Waals surface area contributed by atoms with E-state index in [0.29, 0.717) is 11.3 Å². The third kappa shape index (κ3) is 3.95. The molecule has 0 atom stereocenters. The Morgan fingerprint density at radius 3 is 2.85 bits per heavy atom. The highest BCUT2D eigenvalue weighted by Gasteiger charge is 2.14. The van der Waals surface area contributed by atoms with Crippen molar-refractivity contribution in [2.24, 2.45) is 5.10 Å². The van der Waals surface area contributed by atoms with E-state index >= 15 is 0 Å². The van der Waals surface area contributed by atoms with Crippen LogP contribution in [0, 0.1) is 17.0 Å². The normalized spacial score (nSPS) is 11.0. The predicted molar refractivity (Wildman–Crippen MR) is 102 cm³/mol. The molecule has 0 unspecified atom stereocenters. The fraction of sp³-hybridized carbons (Fsp3) is 0.158. The van der Waals surface area contributed by atoms with E-state index in [-0.39, 0.29) is 18.0 Å². The summed E-state index contributed by atoms with van der Waals surface area (Å²) in [6, 6.07) is 11.8. The lowest BCUT2D eigenvalue weighted by atomic mass is 10.1. The van der Waals surface area contributed by atoms with Crippen LogP contribution in [0.25, 0.3) is 10.9 Å². The number of rotatable bonds is 6. The topological polar surface area (TPSA) is 110 Å². The van der Waals surface area contributed by atoms with E-state index < -0.39 is 4.92 Å². The van der Waals surface area contributed by atoms with Crippen molar-refractivity contribution in [2.45, 2.75) is 13.3 Å². The van der Waals surface area contributed by atoms with Crippen LogP contribution >= 0.6 is 0 Å². The number of nitro benzene ring substituents is 1. The van der Waals surface area contributed by atoms with Crippen LogP contribution in [0.1, 0.15) is 16.8 Å². The fourth-order valence-corrected chi connectivity index (χ4v) is 2.85. The molecule has 3 aromatic rings. The number of hydrogen-bond acceptors (Lipinski definition) is 5. The summed E-state index contributed by atoms with van der Waals surface area (Å²) >= 11 is 0. The van der Waals surface area contributed by atoms with Crippen molar-refractivity contribution in [3.8, 4) is 5.75 Å². The number of amides is 1. The van der Waals surface area contributed by atoms with Gasteiger partial charge in [0.15, 0.2) is 0 Å². The number of carbonyl (C=O) groups is 1. The summed E-state index contributed by atoms with van der Waals surface area (Å²) in [6.07, 6.45) is 1.38. The summed E-state index contributed by atoms with van der Waals surface area (Å²) in [6.45, 7) is 1.89. The smallest absolute Gasteiger partial charge is 0.278 e. The van der Waals surface area contributed by atoms with Gasteiger partial charge in [0.1, 0.15) is 5.75 Å². The van der Waals surface area contributed by atoms with Crippen LogP contribution in [0.3, 0.4) is 0 Å². The second-order valence-corrected chi connectivity index (χ2v) is 5.93. The average Bonchev–Trinajstić information content (AvgIpc) is 2.96. The molecule has 1 heterocycles. The van der Waals surface area contributed by atoms with Crippen molar-refractivity contribution in [1.29, 1.82) is 0 Å². The van der Waals surface area contributed by atoms with Crippen LogP contribution in [0.2, 0.25) is 0 Å². The summed E-state index contributed by atoms with van der Waals surface area (Å²) in [5.41, 5.74) is 5.31. The number of methoxy groups -OCH3 is 1. The number of fused-ring (bicyclic) bond motifs is 1. The second-order valence-electron chi connectivity index (χ2n) is 5.93. The Balaban J connectivity index is 1.74. The molecule has 27 heavy (non-hydrogen) atoms. The lowest BCUT2D eigenvalue weighted by Gasteiger charge is -2.03. The molecule has 3 rings (SSSR count). The number of hydrogen-bond donors (Lipinski definition) is 2. The van der Waals surface area contributed by atoms with E-state index in [1.54, 1.807) is 25.3 Å². The van der Waals surface area contributed by atoms with Gasteiger partial charge in [-0.2, -0.15) is 5.10 Å². The van der Waals surface area contributed by atoms with Crippen LogP contribution in [-0.2, 0) is 11.2 Å². The number of hydrazone groups is 1. The first-order chi connectivity index (χ1) is 13.0. The minimum absolute atomic E-state index is 0.0740. The molecule has 0 saturated carbocycles. The molecule has 0 aliphatic heterocycles. The maximum Gasteiger partial charge on any atom is 0.278 e. The summed E-state index contributed by atoms with van der Waals surface area (Å²) < 4.78 is 5.24. The molecule has 8 heteroatoms. The lowest BCUT2D eigenvalue weighted by Crippen LogP contribution is -2.20. The Kier molecular flexibility index (Phi) is 5.16. The zero-order valence-electron chi connectivity index (χ0n) is 14.9. The number of carbonyl (C=O) groups excluding carboxylic acids is 1. The first kappa shape index (κ1) is 18.1. The first-order valence-corrected chi connectivity index (χ1v) is 8.20. The van der Waals surface area contributed by atoms with Gasteiger partial charge in [0, 0.05) is 22.7 Å². The Bertz CT molecular complexity index is 1040. The summed E-state index contributed by atoms with van der Waals surface area (Å²) in [5.74, 6) is 0.384. The SMILES string of the molecule is COc1ccc2[nH]c(C)c(CC(=O)N/N=C/c3ccccc3[N+](=O)[O-])c2c1. The van der Waals surface area contributed by atoms with E-state index in [4.69, 9.17) is 4.74 Å². The number of aromatic nitrogens is 1. The summed E-state index contributed by atoms with van der Waals surface area (Å²) in [7, 11) is 1.59. The fourth-order valence-electron chi connectivity index (χ4n) is 2.85. The van der Waals surface area contributed by atoms with Gasteiger partial charge in [0.05, 0.1) is 30.2 Å². The number of aryl methyl sites for hydroxylation is 1. The lowest BCUT2D eigenvalue weighted by molar-refractivity contribution is -0.385. The zero-order valence-corrected chi connectivity index (χ0v) is 14.9. The summed E-state index contributed by atoms with van der Waals surface area (Å²) in [5, 5.41) is 15.7. The van der Waals surface area contributed by atoms with Gasteiger partial charge in [-0.05, 0) is 36.8 Å². The van der Waals surface area contributed by atoms with Crippen LogP contribution < -0.4 is 10.2 Å². The third-order valence-corrected chi connectivity index (χ3v) is 4.19. The number of nitrogens with one attached hydrogen (secondary N) is 2. The highest BCUT2D eigenvalue weighted by molar-refractivity contribution is 5.91. The maximum absolute atomic E-state index is 12.3. The largest absolute Gasteiger partial charge is 0.497 e. The Morgan fingerprint density at radius 1 is 1.33 bits per heavy atom. The molecule has 0 spiro atoms. The Hall–Kier alpha value is -3.68. The molecule has 0 saturated heterocycles. The monoisotopic (exact) mass is 366 g/mol. The van der Waals surface area contributed by atoms with Crippen LogP contribution in [0.5, 0.6) is 5.75 Å². The Morgan fingerprint density at radius 2 is 2.11 bits per heavy atom. The van der Waals surface area contributed by atoms with Gasteiger partial charge >= 0.3 is 0 Å². The van der Waals surface area contributed by atoms with E-state index in [2.05, 4.69) is 15.5 Å². The molecule has 2 N–H and O–H groups in total. The van der Waals surface area contributed by atoms with Gasteiger partial charge < -0.3 is 9.72 Å². The number of benzene rings is 2. The molecule has 0 aliphatic carbocycles. The van der Waals surface area contributed by atoms with Crippen LogP contribution in [0.4, 0.5) is 5.69 Å². The minimum atomic E-state index is -0.494. The molecule has 0 bridgehead atoms. The number of nitrogens with zero attached hydrogens (tertiary/aromatic N) is 2. The number of ether oxygens (including phenoxy) is 1. The van der Waals surface area contributed by atoms with Gasteiger partial charge in [-0.15, -0.1) is 0 Å². The van der Waals surface area contributed by atoms with Gasteiger partial charge in [-0.3, -0.25) is 14.9 Å². The first-order valence-electron chi connectivity index (χ1n) is 8.20. The average molecular weight is 366 g/mol. The van der Waals surface area contributed by atoms with Crippen LogP contribution in [0.15, 0.2) is 47.6 Å². The summed E-state index contributed by atoms with van der Waals surface area (Å²) in [4.78, 5) is 26.0. The van der Waals surface area contributed by atoms with Crippen LogP contribution in [-0.4, -0.2) is 29.1 Å². The van der Waals surface area contributed by atoms with Gasteiger partial charge in [-0.1, -0.05) is 12.1 Å². The van der Waals surface area contributed by atoms with Crippen molar-refractivity contribution in [3.63, 3.8) is 0 Å². The number of nitro groups is 1. The van der Waals surface area contributed by atoms with E-state index in [0.717, 1.165) is 22.2 Å². The number of para-hydroxylation sites is 1. The molecule has 0 fully saturated rings. The zero-order chi connectivity index (χ0) is 19.4. The standard InChI is InChI=1S/C19H18N4O4/c1-12-15(16-9-14(27-2)7-8-17(16)21-12)10-19(24)22-20-11-13-5-3-4-6-18(13)23(25)26/h3-9,11,21H,10H2,1-2H3,(H,22,24)/b20-11+. The molecule has 1 amide bonds. The minimum Gasteiger partial charge on any atom is -0.497 e. The predicted octanol–water partition coefficient (Wildman–Crippen LogP) is 3.09. The van der Waals surface area contributed by atoms with Gasteiger partial charge in [-0.25, -0.2) is 5.43 Å².